The summed E-state index contributed by atoms with van der Waals surface area (Å²) in [5.41, 5.74) is 3.30. The monoisotopic (exact) mass is 300 g/mol. The molecule has 108 valence electrons. The predicted molar refractivity (Wildman–Crippen MR) is 83.5 cm³/mol. The van der Waals surface area contributed by atoms with Gasteiger partial charge in [-0.05, 0) is 54.2 Å². The Morgan fingerprint density at radius 2 is 1.71 bits per heavy atom. The lowest BCUT2D eigenvalue weighted by Crippen LogP contribution is -2.05. The van der Waals surface area contributed by atoms with Crippen molar-refractivity contribution < 1.29 is 12.6 Å². The van der Waals surface area contributed by atoms with E-state index in [1.807, 2.05) is 42.5 Å². The van der Waals surface area contributed by atoms with Crippen LogP contribution in [0.5, 0.6) is 5.75 Å². The SMILES string of the molecule is O=S(=O)(/C=C/c1ccccc1)Oc1ccc2c(c1)CCC2. The van der Waals surface area contributed by atoms with Crippen molar-refractivity contribution in [2.75, 3.05) is 0 Å². The van der Waals surface area contributed by atoms with Crippen LogP contribution in [0.15, 0.2) is 53.9 Å². The number of fused-ring (bicyclic) bond motifs is 1. The van der Waals surface area contributed by atoms with E-state index in [0.717, 1.165) is 30.2 Å². The number of hydrogen-bond acceptors (Lipinski definition) is 3. The van der Waals surface area contributed by atoms with Gasteiger partial charge in [0, 0.05) is 0 Å². The summed E-state index contributed by atoms with van der Waals surface area (Å²) < 4.78 is 29.1. The first-order chi connectivity index (χ1) is 10.1. The zero-order valence-corrected chi connectivity index (χ0v) is 12.3. The van der Waals surface area contributed by atoms with Crippen LogP contribution in [0.3, 0.4) is 0 Å². The average molecular weight is 300 g/mol. The van der Waals surface area contributed by atoms with Crippen LogP contribution in [-0.4, -0.2) is 8.42 Å². The van der Waals surface area contributed by atoms with Crippen LogP contribution < -0.4 is 4.18 Å². The summed E-state index contributed by atoms with van der Waals surface area (Å²) >= 11 is 0. The molecule has 0 unspecified atom stereocenters. The second-order valence-electron chi connectivity index (χ2n) is 5.07. The van der Waals surface area contributed by atoms with Gasteiger partial charge >= 0.3 is 10.1 Å². The zero-order chi connectivity index (χ0) is 14.7. The summed E-state index contributed by atoms with van der Waals surface area (Å²) in [6.45, 7) is 0. The van der Waals surface area contributed by atoms with Crippen molar-refractivity contribution in [1.82, 2.24) is 0 Å². The van der Waals surface area contributed by atoms with Crippen molar-refractivity contribution in [3.05, 3.63) is 70.6 Å². The van der Waals surface area contributed by atoms with Gasteiger partial charge in [0.25, 0.3) is 0 Å². The minimum absolute atomic E-state index is 0.383. The van der Waals surface area contributed by atoms with Crippen molar-refractivity contribution in [2.45, 2.75) is 19.3 Å². The van der Waals surface area contributed by atoms with Crippen molar-refractivity contribution >= 4 is 16.2 Å². The summed E-state index contributed by atoms with van der Waals surface area (Å²) in [7, 11) is -3.73. The molecule has 21 heavy (non-hydrogen) atoms. The van der Waals surface area contributed by atoms with Crippen molar-refractivity contribution in [3.63, 3.8) is 0 Å². The Balaban J connectivity index is 1.76. The van der Waals surface area contributed by atoms with Crippen LogP contribution in [0.4, 0.5) is 0 Å². The molecule has 0 fully saturated rings. The molecule has 0 N–H and O–H groups in total. The van der Waals surface area contributed by atoms with Gasteiger partial charge in [0.1, 0.15) is 5.75 Å². The lowest BCUT2D eigenvalue weighted by molar-refractivity contribution is 0.496. The van der Waals surface area contributed by atoms with E-state index in [9.17, 15) is 8.42 Å². The summed E-state index contributed by atoms with van der Waals surface area (Å²) in [6, 6.07) is 14.8. The molecule has 0 bridgehead atoms. The normalized spacial score (nSPS) is 14.3. The van der Waals surface area contributed by atoms with E-state index < -0.39 is 10.1 Å². The largest absolute Gasteiger partial charge is 0.379 e. The number of rotatable bonds is 4. The van der Waals surface area contributed by atoms with Crippen molar-refractivity contribution in [1.29, 1.82) is 0 Å². The number of hydrogen-bond donors (Lipinski definition) is 0. The quantitative estimate of drug-likeness (QED) is 0.811. The molecule has 2 aromatic carbocycles. The van der Waals surface area contributed by atoms with Crippen molar-refractivity contribution in [2.24, 2.45) is 0 Å². The molecule has 0 saturated heterocycles. The van der Waals surface area contributed by atoms with E-state index in [-0.39, 0.29) is 0 Å². The maximum atomic E-state index is 12.0. The van der Waals surface area contributed by atoms with Gasteiger partial charge in [0.2, 0.25) is 0 Å². The molecule has 3 nitrogen and oxygen atoms in total. The van der Waals surface area contributed by atoms with Gasteiger partial charge in [-0.1, -0.05) is 36.4 Å². The van der Waals surface area contributed by atoms with E-state index >= 15 is 0 Å². The van der Waals surface area contributed by atoms with Crippen LogP contribution in [0.1, 0.15) is 23.1 Å². The second-order valence-corrected chi connectivity index (χ2v) is 6.50. The summed E-state index contributed by atoms with van der Waals surface area (Å²) in [6.07, 6.45) is 4.71. The topological polar surface area (TPSA) is 43.4 Å². The molecule has 0 spiro atoms. The number of benzene rings is 2. The van der Waals surface area contributed by atoms with Crippen LogP contribution in [0.25, 0.3) is 6.08 Å². The van der Waals surface area contributed by atoms with Crippen LogP contribution in [0.2, 0.25) is 0 Å². The maximum Gasteiger partial charge on any atom is 0.332 e. The first kappa shape index (κ1) is 13.9. The van der Waals surface area contributed by atoms with Crippen LogP contribution in [0, 0.1) is 0 Å². The molecule has 1 aliphatic carbocycles. The van der Waals surface area contributed by atoms with Gasteiger partial charge in [0.15, 0.2) is 0 Å². The first-order valence-electron chi connectivity index (χ1n) is 6.92. The Morgan fingerprint density at radius 3 is 2.52 bits per heavy atom. The smallest absolute Gasteiger partial charge is 0.332 e. The Hall–Kier alpha value is -2.07. The molecule has 3 rings (SSSR count). The molecule has 0 aliphatic heterocycles. The fraction of sp³-hybridized carbons (Fsp3) is 0.176. The van der Waals surface area contributed by atoms with Crippen LogP contribution in [-0.2, 0) is 23.0 Å². The molecular weight excluding hydrogens is 284 g/mol. The fourth-order valence-corrected chi connectivity index (χ4v) is 3.24. The highest BCUT2D eigenvalue weighted by Gasteiger charge is 2.14. The van der Waals surface area contributed by atoms with E-state index in [1.54, 1.807) is 6.07 Å². The van der Waals surface area contributed by atoms with Gasteiger partial charge < -0.3 is 4.18 Å². The van der Waals surface area contributed by atoms with E-state index in [0.29, 0.717) is 5.75 Å². The summed E-state index contributed by atoms with van der Waals surface area (Å²) in [4.78, 5) is 0. The minimum Gasteiger partial charge on any atom is -0.379 e. The molecule has 0 radical (unpaired) electrons. The third-order valence-corrected chi connectivity index (χ3v) is 4.40. The van der Waals surface area contributed by atoms with Gasteiger partial charge in [-0.3, -0.25) is 0 Å². The average Bonchev–Trinajstić information content (AvgIpc) is 2.93. The molecule has 4 heteroatoms. The predicted octanol–water partition coefficient (Wildman–Crippen LogP) is 3.55. The third kappa shape index (κ3) is 3.52. The molecular formula is C17H16O3S. The third-order valence-electron chi connectivity index (χ3n) is 3.51. The highest BCUT2D eigenvalue weighted by molar-refractivity contribution is 7.90. The van der Waals surface area contributed by atoms with E-state index in [4.69, 9.17) is 4.18 Å². The summed E-state index contributed by atoms with van der Waals surface area (Å²) in [5.74, 6) is 0.383. The Morgan fingerprint density at radius 1 is 0.952 bits per heavy atom. The van der Waals surface area contributed by atoms with Crippen molar-refractivity contribution in [3.8, 4) is 5.75 Å². The molecule has 0 saturated carbocycles. The highest BCUT2D eigenvalue weighted by Crippen LogP contribution is 2.26. The maximum absolute atomic E-state index is 12.0. The molecule has 0 heterocycles. The fourth-order valence-electron chi connectivity index (χ4n) is 2.49. The summed E-state index contributed by atoms with van der Waals surface area (Å²) in [5, 5.41) is 1.09. The van der Waals surface area contributed by atoms with Gasteiger partial charge in [0.05, 0.1) is 5.41 Å². The lowest BCUT2D eigenvalue weighted by Gasteiger charge is -2.05. The molecule has 0 atom stereocenters. The Bertz CT molecular complexity index is 762. The van der Waals surface area contributed by atoms with E-state index in [1.165, 1.54) is 17.2 Å². The van der Waals surface area contributed by atoms with Gasteiger partial charge in [-0.2, -0.15) is 8.42 Å². The number of aryl methyl sites for hydroxylation is 2. The van der Waals surface area contributed by atoms with Gasteiger partial charge in [-0.25, -0.2) is 0 Å². The second kappa shape index (κ2) is 5.74. The Labute approximate surface area is 125 Å². The molecule has 0 aromatic heterocycles. The Kier molecular flexibility index (Phi) is 3.80. The zero-order valence-electron chi connectivity index (χ0n) is 11.5. The van der Waals surface area contributed by atoms with Gasteiger partial charge in [-0.15, -0.1) is 0 Å². The van der Waals surface area contributed by atoms with E-state index in [2.05, 4.69) is 0 Å². The molecule has 2 aromatic rings. The first-order valence-corrected chi connectivity index (χ1v) is 8.39. The lowest BCUT2D eigenvalue weighted by atomic mass is 10.1. The standard InChI is InChI=1S/C17H16O3S/c18-21(19,12-11-14-5-2-1-3-6-14)20-17-10-9-15-7-4-8-16(15)13-17/h1-3,5-6,9-13H,4,7-8H2/b12-11+. The minimum atomic E-state index is -3.73. The highest BCUT2D eigenvalue weighted by atomic mass is 32.2. The van der Waals surface area contributed by atoms with Crippen LogP contribution >= 0.6 is 0 Å². The molecule has 1 aliphatic rings. The molecule has 0 amide bonds.